The Hall–Kier alpha value is -2.87. The predicted octanol–water partition coefficient (Wildman–Crippen LogP) is 4.73. The predicted molar refractivity (Wildman–Crippen MR) is 124 cm³/mol. The molecule has 0 aromatic heterocycles. The number of carbonyl (C=O) groups is 1. The van der Waals surface area contributed by atoms with Gasteiger partial charge in [-0.3, -0.25) is 9.10 Å². The number of sulfonamides is 1. The molecule has 3 aromatic rings. The summed E-state index contributed by atoms with van der Waals surface area (Å²) < 4.78 is 27.5. The second kappa shape index (κ2) is 9.96. The molecule has 0 heterocycles. The molecule has 9 heteroatoms. The van der Waals surface area contributed by atoms with E-state index in [0.717, 1.165) is 9.87 Å². The summed E-state index contributed by atoms with van der Waals surface area (Å²) in [6.07, 6.45) is 0. The fourth-order valence-corrected chi connectivity index (χ4v) is 4.46. The number of amides is 1. The van der Waals surface area contributed by atoms with Crippen molar-refractivity contribution in [2.75, 3.05) is 10.8 Å². The Labute approximate surface area is 191 Å². The smallest absolute Gasteiger partial charge is 0.264 e. The molecule has 1 amide bonds. The molecule has 0 unspecified atom stereocenters. The van der Waals surface area contributed by atoms with Crippen molar-refractivity contribution in [3.63, 3.8) is 0 Å². The molecule has 31 heavy (non-hydrogen) atoms. The summed E-state index contributed by atoms with van der Waals surface area (Å²) in [7, 11) is -4.05. The zero-order valence-electron chi connectivity index (χ0n) is 16.5. The lowest BCUT2D eigenvalue weighted by atomic mass is 10.1. The van der Waals surface area contributed by atoms with Crippen LogP contribution < -0.4 is 9.73 Å². The second-order valence-corrected chi connectivity index (χ2v) is 9.20. The zero-order chi connectivity index (χ0) is 22.4. The van der Waals surface area contributed by atoms with Crippen molar-refractivity contribution in [2.24, 2.45) is 5.10 Å². The minimum atomic E-state index is -4.05. The molecule has 3 aromatic carbocycles. The van der Waals surface area contributed by atoms with Crippen molar-refractivity contribution >= 4 is 50.5 Å². The molecule has 0 fully saturated rings. The molecule has 0 saturated carbocycles. The van der Waals surface area contributed by atoms with E-state index in [9.17, 15) is 13.2 Å². The Balaban J connectivity index is 1.90. The van der Waals surface area contributed by atoms with Gasteiger partial charge in [0.1, 0.15) is 6.54 Å². The number of rotatable bonds is 7. The van der Waals surface area contributed by atoms with Crippen LogP contribution in [0.15, 0.2) is 88.9 Å². The summed E-state index contributed by atoms with van der Waals surface area (Å²) >= 11 is 12.1. The Morgan fingerprint density at radius 3 is 2.16 bits per heavy atom. The lowest BCUT2D eigenvalue weighted by molar-refractivity contribution is -0.119. The minimum Gasteiger partial charge on any atom is -0.271 e. The van der Waals surface area contributed by atoms with E-state index in [-0.39, 0.29) is 20.6 Å². The molecule has 0 aliphatic heterocycles. The van der Waals surface area contributed by atoms with Crippen molar-refractivity contribution in [3.8, 4) is 0 Å². The summed E-state index contributed by atoms with van der Waals surface area (Å²) in [6.45, 7) is 1.24. The van der Waals surface area contributed by atoms with Crippen LogP contribution in [0.2, 0.25) is 10.0 Å². The van der Waals surface area contributed by atoms with Crippen molar-refractivity contribution < 1.29 is 13.2 Å². The van der Waals surface area contributed by atoms with Gasteiger partial charge in [0.25, 0.3) is 15.9 Å². The third-order valence-corrected chi connectivity index (χ3v) is 6.88. The van der Waals surface area contributed by atoms with Crippen LogP contribution in [0.4, 0.5) is 5.69 Å². The highest BCUT2D eigenvalue weighted by atomic mass is 35.5. The standard InChI is InChI=1S/C22H19Cl2N3O3S/c1-16(17-8-4-2-5-9-17)25-26-22(28)15-27(18-12-13-20(23)21(24)14-18)31(29,30)19-10-6-3-7-11-19/h2-14H,15H2,1H3,(H,26,28)/b25-16+. The second-order valence-electron chi connectivity index (χ2n) is 6.52. The lowest BCUT2D eigenvalue weighted by Crippen LogP contribution is -2.39. The van der Waals surface area contributed by atoms with E-state index in [4.69, 9.17) is 23.2 Å². The summed E-state index contributed by atoms with van der Waals surface area (Å²) in [6, 6.07) is 21.5. The van der Waals surface area contributed by atoms with Crippen molar-refractivity contribution in [1.29, 1.82) is 0 Å². The molecule has 0 aliphatic rings. The molecule has 3 rings (SSSR count). The average molecular weight is 476 g/mol. The maximum atomic E-state index is 13.3. The van der Waals surface area contributed by atoms with E-state index in [0.29, 0.717) is 5.71 Å². The van der Waals surface area contributed by atoms with Crippen molar-refractivity contribution in [1.82, 2.24) is 5.43 Å². The molecule has 1 N–H and O–H groups in total. The van der Waals surface area contributed by atoms with Gasteiger partial charge in [0.2, 0.25) is 0 Å². The van der Waals surface area contributed by atoms with Gasteiger partial charge in [-0.2, -0.15) is 5.10 Å². The molecule has 0 aliphatic carbocycles. The van der Waals surface area contributed by atoms with E-state index < -0.39 is 22.5 Å². The normalized spacial score (nSPS) is 11.8. The topological polar surface area (TPSA) is 78.8 Å². The first kappa shape index (κ1) is 22.8. The van der Waals surface area contributed by atoms with Crippen LogP contribution in [0.1, 0.15) is 12.5 Å². The maximum absolute atomic E-state index is 13.3. The highest BCUT2D eigenvalue weighted by Gasteiger charge is 2.27. The Kier molecular flexibility index (Phi) is 7.33. The van der Waals surface area contributed by atoms with Gasteiger partial charge >= 0.3 is 0 Å². The Morgan fingerprint density at radius 1 is 0.935 bits per heavy atom. The van der Waals surface area contributed by atoms with Gasteiger partial charge in [-0.1, -0.05) is 71.7 Å². The quantitative estimate of drug-likeness (QED) is 0.396. The van der Waals surface area contributed by atoms with Crippen LogP contribution in [0, 0.1) is 0 Å². The first-order valence-electron chi connectivity index (χ1n) is 9.20. The number of halogens is 2. The number of hydrogen-bond acceptors (Lipinski definition) is 4. The number of hydrazone groups is 1. The van der Waals surface area contributed by atoms with E-state index in [2.05, 4.69) is 10.5 Å². The third-order valence-electron chi connectivity index (χ3n) is 4.35. The van der Waals surface area contributed by atoms with Crippen LogP contribution >= 0.6 is 23.2 Å². The molecule has 0 atom stereocenters. The first-order chi connectivity index (χ1) is 14.8. The molecular weight excluding hydrogens is 457 g/mol. The fourth-order valence-electron chi connectivity index (χ4n) is 2.73. The lowest BCUT2D eigenvalue weighted by Gasteiger charge is -2.24. The number of anilines is 1. The van der Waals surface area contributed by atoms with Gasteiger partial charge in [0, 0.05) is 0 Å². The molecule has 160 valence electrons. The Morgan fingerprint density at radius 2 is 1.55 bits per heavy atom. The summed E-state index contributed by atoms with van der Waals surface area (Å²) in [5, 5.41) is 4.52. The number of nitrogens with zero attached hydrogens (tertiary/aromatic N) is 2. The molecular formula is C22H19Cl2N3O3S. The molecule has 0 bridgehead atoms. The van der Waals surface area contributed by atoms with Crippen molar-refractivity contribution in [2.45, 2.75) is 11.8 Å². The van der Waals surface area contributed by atoms with E-state index in [1.165, 1.54) is 30.3 Å². The van der Waals surface area contributed by atoms with Crippen LogP contribution in [0.5, 0.6) is 0 Å². The van der Waals surface area contributed by atoms with Gasteiger partial charge in [0.05, 0.1) is 26.3 Å². The minimum absolute atomic E-state index is 0.0397. The average Bonchev–Trinajstić information content (AvgIpc) is 2.79. The molecule has 0 spiro atoms. The summed E-state index contributed by atoms with van der Waals surface area (Å²) in [5.74, 6) is -0.610. The summed E-state index contributed by atoms with van der Waals surface area (Å²) in [4.78, 5) is 12.6. The number of carbonyl (C=O) groups excluding carboxylic acids is 1. The number of benzene rings is 3. The number of nitrogens with one attached hydrogen (secondary N) is 1. The third kappa shape index (κ3) is 5.64. The SMILES string of the molecule is C/C(=N\NC(=O)CN(c1ccc(Cl)c(Cl)c1)S(=O)(=O)c1ccccc1)c1ccccc1. The monoisotopic (exact) mass is 475 g/mol. The van der Waals surface area contributed by atoms with Gasteiger partial charge in [-0.15, -0.1) is 0 Å². The highest BCUT2D eigenvalue weighted by Crippen LogP contribution is 2.30. The number of hydrogen-bond donors (Lipinski definition) is 1. The van der Waals surface area contributed by atoms with E-state index in [1.54, 1.807) is 25.1 Å². The maximum Gasteiger partial charge on any atom is 0.264 e. The first-order valence-corrected chi connectivity index (χ1v) is 11.4. The van der Waals surface area contributed by atoms with Crippen LogP contribution in [-0.4, -0.2) is 26.6 Å². The van der Waals surface area contributed by atoms with Crippen molar-refractivity contribution in [3.05, 3.63) is 94.5 Å². The highest BCUT2D eigenvalue weighted by molar-refractivity contribution is 7.92. The van der Waals surface area contributed by atoms with Crippen LogP contribution in [0.25, 0.3) is 0 Å². The van der Waals surface area contributed by atoms with Gasteiger partial charge in [-0.05, 0) is 42.8 Å². The molecule has 0 saturated heterocycles. The van der Waals surface area contributed by atoms with E-state index >= 15 is 0 Å². The van der Waals surface area contributed by atoms with Gasteiger partial charge in [0.15, 0.2) is 0 Å². The summed E-state index contributed by atoms with van der Waals surface area (Å²) in [5.41, 5.74) is 4.04. The van der Waals surface area contributed by atoms with Gasteiger partial charge in [-0.25, -0.2) is 13.8 Å². The van der Waals surface area contributed by atoms with Crippen LogP contribution in [-0.2, 0) is 14.8 Å². The van der Waals surface area contributed by atoms with Gasteiger partial charge < -0.3 is 0 Å². The largest absolute Gasteiger partial charge is 0.271 e. The molecule has 0 radical (unpaired) electrons. The molecule has 6 nitrogen and oxygen atoms in total. The zero-order valence-corrected chi connectivity index (χ0v) is 18.8. The Bertz CT molecular complexity index is 1200. The fraction of sp³-hybridized carbons (Fsp3) is 0.0909. The van der Waals surface area contributed by atoms with E-state index in [1.807, 2.05) is 30.3 Å². The van der Waals surface area contributed by atoms with Crippen LogP contribution in [0.3, 0.4) is 0 Å².